The number of benzene rings is 1. The first-order chi connectivity index (χ1) is 14.2. The minimum atomic E-state index is -4.97. The Morgan fingerprint density at radius 2 is 2.17 bits per heavy atom. The van der Waals surface area contributed by atoms with Crippen molar-refractivity contribution in [1.29, 1.82) is 0 Å². The van der Waals surface area contributed by atoms with E-state index in [1.54, 1.807) is 24.2 Å². The Labute approximate surface area is 170 Å². The van der Waals surface area contributed by atoms with Crippen LogP contribution in [0, 0.1) is 5.82 Å². The fourth-order valence-corrected chi connectivity index (χ4v) is 3.27. The topological polar surface area (TPSA) is 70.6 Å². The van der Waals surface area contributed by atoms with Gasteiger partial charge in [0.1, 0.15) is 0 Å². The Kier molecular flexibility index (Phi) is 6.58. The molecule has 0 radical (unpaired) electrons. The maximum absolute atomic E-state index is 13.8. The highest BCUT2D eigenvalue weighted by molar-refractivity contribution is 5.74. The van der Waals surface area contributed by atoms with Crippen molar-refractivity contribution in [3.05, 3.63) is 47.9 Å². The number of rotatable bonds is 5. The summed E-state index contributed by atoms with van der Waals surface area (Å²) in [6.07, 6.45) is -1.68. The summed E-state index contributed by atoms with van der Waals surface area (Å²) >= 11 is 0. The zero-order chi connectivity index (χ0) is 21.7. The molecule has 1 fully saturated rings. The molecule has 2 heterocycles. The number of alkyl halides is 3. The van der Waals surface area contributed by atoms with Crippen molar-refractivity contribution in [2.24, 2.45) is 0 Å². The first kappa shape index (κ1) is 21.6. The van der Waals surface area contributed by atoms with E-state index >= 15 is 0 Å². The second-order valence-corrected chi connectivity index (χ2v) is 6.91. The van der Waals surface area contributed by atoms with Crippen LogP contribution in [0.5, 0.6) is 5.75 Å². The van der Waals surface area contributed by atoms with E-state index in [2.05, 4.69) is 25.2 Å². The number of urea groups is 1. The third kappa shape index (κ3) is 5.71. The molecule has 0 spiro atoms. The summed E-state index contributed by atoms with van der Waals surface area (Å²) in [5.41, 5.74) is 0.314. The summed E-state index contributed by atoms with van der Waals surface area (Å²) in [7, 11) is 1.67. The molecule has 11 heteroatoms. The van der Waals surface area contributed by atoms with Crippen molar-refractivity contribution >= 4 is 11.8 Å². The SMILES string of the molecule is CN(C(=O)NCc1ccc(OC(F)(F)F)c(F)c1)[C@@H]1CCCN(c2cccnn2)C1. The van der Waals surface area contributed by atoms with Crippen LogP contribution in [0.2, 0.25) is 0 Å². The molecule has 0 aliphatic carbocycles. The van der Waals surface area contributed by atoms with Gasteiger partial charge in [0.15, 0.2) is 17.4 Å². The summed E-state index contributed by atoms with van der Waals surface area (Å²) < 4.78 is 54.0. The van der Waals surface area contributed by atoms with Crippen LogP contribution in [-0.2, 0) is 6.54 Å². The number of piperidine rings is 1. The normalized spacial score (nSPS) is 16.8. The average Bonchev–Trinajstić information content (AvgIpc) is 2.73. The van der Waals surface area contributed by atoms with Crippen LogP contribution >= 0.6 is 0 Å². The summed E-state index contributed by atoms with van der Waals surface area (Å²) in [6.45, 7) is 1.38. The lowest BCUT2D eigenvalue weighted by Gasteiger charge is -2.37. The van der Waals surface area contributed by atoms with E-state index in [-0.39, 0.29) is 18.6 Å². The maximum atomic E-state index is 13.8. The highest BCUT2D eigenvalue weighted by atomic mass is 19.4. The molecule has 3 rings (SSSR count). The van der Waals surface area contributed by atoms with E-state index < -0.39 is 17.9 Å². The zero-order valence-corrected chi connectivity index (χ0v) is 16.2. The number of carbonyl (C=O) groups excluding carboxylic acids is 1. The second-order valence-electron chi connectivity index (χ2n) is 6.91. The maximum Gasteiger partial charge on any atom is 0.573 e. The number of hydrogen-bond donors (Lipinski definition) is 1. The molecule has 1 aliphatic heterocycles. The Balaban J connectivity index is 1.55. The van der Waals surface area contributed by atoms with Crippen molar-refractivity contribution in [3.8, 4) is 5.75 Å². The average molecular weight is 427 g/mol. The van der Waals surface area contributed by atoms with Crippen LogP contribution in [-0.4, -0.2) is 53.7 Å². The molecule has 0 unspecified atom stereocenters. The number of likely N-dealkylation sites (N-methyl/N-ethyl adjacent to an activating group) is 1. The summed E-state index contributed by atoms with van der Waals surface area (Å²) in [6, 6.07) is 6.28. The van der Waals surface area contributed by atoms with Crippen LogP contribution in [0.15, 0.2) is 36.5 Å². The van der Waals surface area contributed by atoms with Crippen LogP contribution in [0.4, 0.5) is 28.2 Å². The number of ether oxygens (including phenoxy) is 1. The van der Waals surface area contributed by atoms with E-state index in [4.69, 9.17) is 0 Å². The predicted molar refractivity (Wildman–Crippen MR) is 100 cm³/mol. The van der Waals surface area contributed by atoms with E-state index in [0.29, 0.717) is 12.1 Å². The first-order valence-electron chi connectivity index (χ1n) is 9.30. The molecular formula is C19H21F4N5O2. The van der Waals surface area contributed by atoms with Gasteiger partial charge in [0.2, 0.25) is 0 Å². The summed E-state index contributed by atoms with van der Waals surface area (Å²) in [5.74, 6) is -1.33. The summed E-state index contributed by atoms with van der Waals surface area (Å²) in [5, 5.41) is 10.6. The molecule has 1 aliphatic rings. The van der Waals surface area contributed by atoms with Gasteiger partial charge in [-0.15, -0.1) is 18.3 Å². The van der Waals surface area contributed by atoms with Gasteiger partial charge in [0.25, 0.3) is 0 Å². The van der Waals surface area contributed by atoms with Gasteiger partial charge in [-0.2, -0.15) is 5.10 Å². The molecule has 2 amide bonds. The number of anilines is 1. The van der Waals surface area contributed by atoms with E-state index in [0.717, 1.165) is 37.3 Å². The number of carbonyl (C=O) groups is 1. The number of halogens is 4. The monoisotopic (exact) mass is 427 g/mol. The lowest BCUT2D eigenvalue weighted by Crippen LogP contribution is -2.51. The Bertz CT molecular complexity index is 866. The van der Waals surface area contributed by atoms with Gasteiger partial charge in [0, 0.05) is 32.9 Å². The standard InChI is InChI=1S/C19H21F4N5O2/c1-27(14-4-3-9-28(12-14)17-5-2-8-25-26-17)18(29)24-11-13-6-7-16(15(20)10-13)30-19(21,22)23/h2,5-8,10,14H,3-4,9,11-12H2,1H3,(H,24,29)/t14-/m1/s1. The third-order valence-corrected chi connectivity index (χ3v) is 4.81. The van der Waals surface area contributed by atoms with Crippen LogP contribution in [0.1, 0.15) is 18.4 Å². The lowest BCUT2D eigenvalue weighted by atomic mass is 10.0. The Hall–Kier alpha value is -3.11. The van der Waals surface area contributed by atoms with Crippen molar-refractivity contribution in [1.82, 2.24) is 20.4 Å². The minimum Gasteiger partial charge on any atom is -0.403 e. The van der Waals surface area contributed by atoms with Gasteiger partial charge in [-0.25, -0.2) is 9.18 Å². The molecule has 30 heavy (non-hydrogen) atoms. The number of amides is 2. The molecule has 2 aromatic rings. The Morgan fingerprint density at radius 3 is 2.83 bits per heavy atom. The predicted octanol–water partition coefficient (Wildman–Crippen LogP) is 3.32. The van der Waals surface area contributed by atoms with Crippen LogP contribution in [0.3, 0.4) is 0 Å². The number of hydrogen-bond acceptors (Lipinski definition) is 5. The van der Waals surface area contributed by atoms with Gasteiger partial charge in [-0.3, -0.25) is 0 Å². The zero-order valence-electron chi connectivity index (χ0n) is 16.2. The highest BCUT2D eigenvalue weighted by Gasteiger charge is 2.32. The van der Waals surface area contributed by atoms with Crippen LogP contribution in [0.25, 0.3) is 0 Å². The number of nitrogens with zero attached hydrogens (tertiary/aromatic N) is 4. The van der Waals surface area contributed by atoms with E-state index in [1.807, 2.05) is 6.07 Å². The fraction of sp³-hybridized carbons (Fsp3) is 0.421. The molecule has 0 saturated carbocycles. The molecule has 162 valence electrons. The fourth-order valence-electron chi connectivity index (χ4n) is 3.27. The quantitative estimate of drug-likeness (QED) is 0.742. The van der Waals surface area contributed by atoms with Crippen molar-refractivity contribution in [2.45, 2.75) is 31.8 Å². The Morgan fingerprint density at radius 1 is 1.37 bits per heavy atom. The number of nitrogens with one attached hydrogen (secondary N) is 1. The summed E-state index contributed by atoms with van der Waals surface area (Å²) in [4.78, 5) is 16.1. The molecular weight excluding hydrogens is 406 g/mol. The lowest BCUT2D eigenvalue weighted by molar-refractivity contribution is -0.275. The van der Waals surface area contributed by atoms with Gasteiger partial charge >= 0.3 is 12.4 Å². The highest BCUT2D eigenvalue weighted by Crippen LogP contribution is 2.26. The minimum absolute atomic E-state index is 0.0347. The molecule has 1 N–H and O–H groups in total. The van der Waals surface area contributed by atoms with Gasteiger partial charge in [-0.1, -0.05) is 6.07 Å². The largest absolute Gasteiger partial charge is 0.573 e. The van der Waals surface area contributed by atoms with E-state index in [9.17, 15) is 22.4 Å². The molecule has 1 atom stereocenters. The molecule has 1 aromatic heterocycles. The van der Waals surface area contributed by atoms with E-state index in [1.165, 1.54) is 6.07 Å². The van der Waals surface area contributed by atoms with Gasteiger partial charge in [-0.05, 0) is 42.7 Å². The van der Waals surface area contributed by atoms with Gasteiger partial charge < -0.3 is 19.9 Å². The smallest absolute Gasteiger partial charge is 0.403 e. The molecule has 1 aromatic carbocycles. The van der Waals surface area contributed by atoms with Crippen LogP contribution < -0.4 is 15.0 Å². The van der Waals surface area contributed by atoms with Crippen molar-refractivity contribution in [2.75, 3.05) is 25.0 Å². The molecule has 0 bridgehead atoms. The molecule has 1 saturated heterocycles. The molecule has 7 nitrogen and oxygen atoms in total. The van der Waals surface area contributed by atoms with Crippen molar-refractivity contribution in [3.63, 3.8) is 0 Å². The second kappa shape index (κ2) is 9.14. The van der Waals surface area contributed by atoms with Gasteiger partial charge in [0.05, 0.1) is 6.04 Å². The third-order valence-electron chi connectivity index (χ3n) is 4.81. The first-order valence-corrected chi connectivity index (χ1v) is 9.30. The van der Waals surface area contributed by atoms with Crippen molar-refractivity contribution < 1.29 is 27.1 Å². The number of aromatic nitrogens is 2.